The van der Waals surface area contributed by atoms with E-state index in [1.807, 2.05) is 0 Å². The summed E-state index contributed by atoms with van der Waals surface area (Å²) in [6.45, 7) is 1.20. The van der Waals surface area contributed by atoms with Crippen molar-refractivity contribution < 1.29 is 35.2 Å². The third-order valence-electron chi connectivity index (χ3n) is 7.43. The molecule has 0 N–H and O–H groups in total. The quantitative estimate of drug-likeness (QED) is 0.247. The average molecular weight is 588 g/mol. The summed E-state index contributed by atoms with van der Waals surface area (Å²) in [7, 11) is -4.28. The molecule has 1 aliphatic carbocycles. The second-order valence-corrected chi connectivity index (χ2v) is 11.9. The maximum absolute atomic E-state index is 14.0. The predicted octanol–water partition coefficient (Wildman–Crippen LogP) is 4.63. The van der Waals surface area contributed by atoms with Gasteiger partial charge in [-0.1, -0.05) is 5.57 Å². The summed E-state index contributed by atoms with van der Waals surface area (Å²) in [4.78, 5) is 13.7. The highest BCUT2D eigenvalue weighted by Gasteiger charge is 2.52. The number of alkyl halides is 3. The number of carbonyl (C=O) groups is 1. The molecule has 14 heteroatoms. The smallest absolute Gasteiger partial charge is 0.416 e. The van der Waals surface area contributed by atoms with Crippen LogP contribution in [-0.4, -0.2) is 51.6 Å². The fourth-order valence-corrected chi connectivity index (χ4v) is 6.87. The number of Topliss-reactive ketones (excluding diaryl/α,β-unsaturated/α-hetero) is 1. The van der Waals surface area contributed by atoms with Gasteiger partial charge in [0, 0.05) is 20.0 Å². The number of aryl methyl sites for hydroxylation is 1. The van der Waals surface area contributed by atoms with Gasteiger partial charge in [-0.15, -0.1) is 10.2 Å². The minimum absolute atomic E-state index is 0.0207. The Kier molecular flexibility index (Phi) is 6.23. The Bertz CT molecular complexity index is 1790. The summed E-state index contributed by atoms with van der Waals surface area (Å²) in [5, 5.41) is 12.1. The molecule has 9 nitrogen and oxygen atoms in total. The molecule has 0 amide bonds. The van der Waals surface area contributed by atoms with Crippen LogP contribution >= 0.6 is 0 Å². The third-order valence-corrected chi connectivity index (χ3v) is 9.29. The van der Waals surface area contributed by atoms with E-state index in [1.165, 1.54) is 19.1 Å². The monoisotopic (exact) mass is 587 g/mol. The van der Waals surface area contributed by atoms with E-state index in [2.05, 4.69) is 15.3 Å². The highest BCUT2D eigenvalue weighted by molar-refractivity contribution is 7.89. The molecule has 1 fully saturated rings. The van der Waals surface area contributed by atoms with Gasteiger partial charge in [0.2, 0.25) is 21.7 Å². The molecule has 0 radical (unpaired) electrons. The van der Waals surface area contributed by atoms with Crippen molar-refractivity contribution in [1.29, 1.82) is 0 Å². The van der Waals surface area contributed by atoms with Crippen LogP contribution in [0.4, 0.5) is 17.6 Å². The van der Waals surface area contributed by atoms with Gasteiger partial charge in [0.05, 0.1) is 33.5 Å². The first kappa shape index (κ1) is 27.0. The van der Waals surface area contributed by atoms with Gasteiger partial charge in [-0.2, -0.15) is 22.6 Å². The molecule has 0 unspecified atom stereocenters. The number of rotatable bonds is 5. The molecular formula is C27H21F4N5O4S. The van der Waals surface area contributed by atoms with Crippen molar-refractivity contribution in [3.63, 3.8) is 0 Å². The summed E-state index contributed by atoms with van der Waals surface area (Å²) in [6, 6.07) is 8.97. The van der Waals surface area contributed by atoms with E-state index in [1.54, 1.807) is 29.1 Å². The predicted molar refractivity (Wildman–Crippen MR) is 136 cm³/mol. The van der Waals surface area contributed by atoms with Gasteiger partial charge in [0.25, 0.3) is 5.89 Å². The fourth-order valence-electron chi connectivity index (χ4n) is 5.37. The number of hydrogen-bond donors (Lipinski definition) is 0. The fraction of sp³-hybridized carbons (Fsp3) is 0.259. The van der Waals surface area contributed by atoms with Crippen molar-refractivity contribution in [1.82, 2.24) is 24.3 Å². The first-order valence-electron chi connectivity index (χ1n) is 12.4. The Hall–Kier alpha value is -4.17. The lowest BCUT2D eigenvalue weighted by atomic mass is 9.66. The van der Waals surface area contributed by atoms with Crippen molar-refractivity contribution in [2.75, 3.05) is 13.1 Å². The van der Waals surface area contributed by atoms with Crippen molar-refractivity contribution in [3.8, 4) is 5.69 Å². The Balaban J connectivity index is 1.41. The summed E-state index contributed by atoms with van der Waals surface area (Å²) < 4.78 is 88.1. The van der Waals surface area contributed by atoms with E-state index in [-0.39, 0.29) is 42.6 Å². The van der Waals surface area contributed by atoms with Gasteiger partial charge < -0.3 is 4.42 Å². The number of nitrogens with zero attached hydrogens (tertiary/aromatic N) is 5. The van der Waals surface area contributed by atoms with Gasteiger partial charge >= 0.3 is 6.18 Å². The van der Waals surface area contributed by atoms with E-state index in [4.69, 9.17) is 4.42 Å². The zero-order valence-electron chi connectivity index (χ0n) is 21.4. The number of carbonyl (C=O) groups excluding carboxylic acids is 1. The van der Waals surface area contributed by atoms with Crippen molar-refractivity contribution >= 4 is 21.9 Å². The first-order chi connectivity index (χ1) is 19.4. The van der Waals surface area contributed by atoms with Crippen molar-refractivity contribution in [2.24, 2.45) is 5.41 Å². The van der Waals surface area contributed by atoms with Crippen molar-refractivity contribution in [3.05, 3.63) is 94.7 Å². The number of halogens is 4. The van der Waals surface area contributed by atoms with E-state index in [9.17, 15) is 30.8 Å². The summed E-state index contributed by atoms with van der Waals surface area (Å²) in [5.41, 5.74) is 0.107. The Labute approximate surface area is 231 Å². The van der Waals surface area contributed by atoms with Gasteiger partial charge in [-0.3, -0.25) is 4.79 Å². The summed E-state index contributed by atoms with van der Waals surface area (Å²) in [6.07, 6.45) is -1.09. The van der Waals surface area contributed by atoms with Crippen LogP contribution < -0.4 is 0 Å². The summed E-state index contributed by atoms with van der Waals surface area (Å²) in [5.74, 6) is -1.11. The van der Waals surface area contributed by atoms with Crippen LogP contribution in [0.2, 0.25) is 0 Å². The average Bonchev–Trinajstić information content (AvgIpc) is 3.56. The Morgan fingerprint density at radius 1 is 1.05 bits per heavy atom. The molecular weight excluding hydrogens is 566 g/mol. The van der Waals surface area contributed by atoms with Gasteiger partial charge in [-0.05, 0) is 73.0 Å². The molecule has 6 rings (SSSR count). The van der Waals surface area contributed by atoms with Crippen molar-refractivity contribution in [2.45, 2.75) is 30.8 Å². The number of ketones is 1. The molecule has 1 atom stereocenters. The zero-order chi connectivity index (χ0) is 29.2. The minimum atomic E-state index is -4.62. The lowest BCUT2D eigenvalue weighted by Gasteiger charge is -2.44. The number of piperidine rings is 1. The molecule has 4 aromatic rings. The SMILES string of the molecule is Cc1nnc(C(=O)[C@@]23Cc4cnn(-c5ccc(F)cc5)c4C=C2CCN(S(=O)(=O)c2ccc(C(F)(F)F)cc2)C3)o1. The van der Waals surface area contributed by atoms with E-state index in [0.29, 0.717) is 34.7 Å². The highest BCUT2D eigenvalue weighted by atomic mass is 32.2. The minimum Gasteiger partial charge on any atom is -0.419 e. The van der Waals surface area contributed by atoms with Gasteiger partial charge in [0.1, 0.15) is 5.82 Å². The second-order valence-electron chi connectivity index (χ2n) is 9.94. The topological polar surface area (TPSA) is 111 Å². The maximum atomic E-state index is 14.0. The standard InChI is InChI=1S/C27H21F4N5O4S/c1-16-33-34-25(40-16)24(37)26-13-17-14-32-36(21-6-4-20(28)5-7-21)23(17)12-19(26)10-11-35(15-26)41(38,39)22-8-2-18(3-9-22)27(29,30)31/h2-9,12,14H,10-11,13,15H2,1H3/t26-/m1/s1. The first-order valence-corrected chi connectivity index (χ1v) is 13.9. The van der Waals surface area contributed by atoms with Crippen LogP contribution in [-0.2, 0) is 22.6 Å². The van der Waals surface area contributed by atoms with E-state index >= 15 is 0 Å². The molecule has 2 aromatic heterocycles. The molecule has 41 heavy (non-hydrogen) atoms. The van der Waals surface area contributed by atoms with E-state index in [0.717, 1.165) is 16.4 Å². The zero-order valence-corrected chi connectivity index (χ0v) is 22.2. The van der Waals surface area contributed by atoms with Crippen LogP contribution in [0.1, 0.15) is 39.8 Å². The number of hydrogen-bond acceptors (Lipinski definition) is 7. The number of fused-ring (bicyclic) bond motifs is 2. The molecule has 1 saturated heterocycles. The Morgan fingerprint density at radius 2 is 1.76 bits per heavy atom. The van der Waals surface area contributed by atoms with Gasteiger partial charge in [-0.25, -0.2) is 17.5 Å². The molecule has 3 heterocycles. The maximum Gasteiger partial charge on any atom is 0.416 e. The molecule has 1 aliphatic heterocycles. The van der Waals surface area contributed by atoms with Gasteiger partial charge in [0.15, 0.2) is 0 Å². The normalized spacial score (nSPS) is 19.4. The second kappa shape index (κ2) is 9.45. The molecule has 212 valence electrons. The number of aromatic nitrogens is 4. The number of benzene rings is 2. The van der Waals surface area contributed by atoms with Crippen LogP contribution in [0.25, 0.3) is 11.8 Å². The molecule has 2 aromatic carbocycles. The van der Waals surface area contributed by atoms with E-state index < -0.39 is 38.8 Å². The molecule has 0 spiro atoms. The third kappa shape index (κ3) is 4.56. The lowest BCUT2D eigenvalue weighted by molar-refractivity contribution is -0.137. The Morgan fingerprint density at radius 3 is 2.39 bits per heavy atom. The van der Waals surface area contributed by atoms with Crippen LogP contribution in [0.5, 0.6) is 0 Å². The van der Waals surface area contributed by atoms with Crippen LogP contribution in [0, 0.1) is 18.2 Å². The largest absolute Gasteiger partial charge is 0.419 e. The summed E-state index contributed by atoms with van der Waals surface area (Å²) >= 11 is 0. The number of sulfonamides is 1. The molecule has 0 bridgehead atoms. The highest BCUT2D eigenvalue weighted by Crippen LogP contribution is 2.47. The molecule has 2 aliphatic rings. The van der Waals surface area contributed by atoms with Crippen LogP contribution in [0.15, 0.2) is 69.6 Å². The lowest BCUT2D eigenvalue weighted by Crippen LogP contribution is -2.53. The molecule has 0 saturated carbocycles. The van der Waals surface area contributed by atoms with Crippen LogP contribution in [0.3, 0.4) is 0 Å².